The van der Waals surface area contributed by atoms with Crippen LogP contribution < -0.4 is 4.31 Å². The van der Waals surface area contributed by atoms with Crippen LogP contribution in [0.25, 0.3) is 0 Å². The second-order valence-corrected chi connectivity index (χ2v) is 8.73. The summed E-state index contributed by atoms with van der Waals surface area (Å²) in [5.41, 5.74) is 2.96. The highest BCUT2D eigenvalue weighted by Crippen LogP contribution is 2.35. The van der Waals surface area contributed by atoms with Gasteiger partial charge in [-0.1, -0.05) is 67.8 Å². The van der Waals surface area contributed by atoms with Gasteiger partial charge in [-0.15, -0.1) is 0 Å². The Morgan fingerprint density at radius 3 is 2.58 bits per heavy atom. The molecule has 3 nitrogen and oxygen atoms in total. The van der Waals surface area contributed by atoms with E-state index in [2.05, 4.69) is 19.1 Å². The van der Waals surface area contributed by atoms with Crippen LogP contribution in [-0.2, 0) is 16.4 Å². The maximum absolute atomic E-state index is 13.5. The first-order valence-electron chi connectivity index (χ1n) is 9.39. The first-order chi connectivity index (χ1) is 12.5. The van der Waals surface area contributed by atoms with E-state index in [0.717, 1.165) is 48.9 Å². The van der Waals surface area contributed by atoms with Gasteiger partial charge in [0, 0.05) is 0 Å². The molecule has 1 atom stereocenters. The lowest BCUT2D eigenvalue weighted by Crippen LogP contribution is -2.42. The summed E-state index contributed by atoms with van der Waals surface area (Å²) in [5, 5.41) is 0. The summed E-state index contributed by atoms with van der Waals surface area (Å²) in [6.45, 7) is 4.13. The summed E-state index contributed by atoms with van der Waals surface area (Å²) in [7, 11) is -3.60. The number of para-hydroxylation sites is 1. The smallest absolute Gasteiger partial charge is 0.259 e. The maximum atomic E-state index is 13.5. The van der Waals surface area contributed by atoms with Crippen molar-refractivity contribution < 1.29 is 8.42 Å². The number of fused-ring (bicyclic) bond motifs is 1. The summed E-state index contributed by atoms with van der Waals surface area (Å²) in [6, 6.07) is 14.8. The zero-order chi connectivity index (χ0) is 18.6. The number of sulfonamides is 1. The SMILES string of the molecule is CCCC/C=C/C1CCc2ccccc2N1S(=O)(=O)c1ccc(C)cc1. The van der Waals surface area contributed by atoms with E-state index in [-0.39, 0.29) is 6.04 Å². The molecule has 0 fully saturated rings. The van der Waals surface area contributed by atoms with Crippen molar-refractivity contribution in [3.8, 4) is 0 Å². The Balaban J connectivity index is 2.02. The largest absolute Gasteiger partial charge is 0.264 e. The summed E-state index contributed by atoms with van der Waals surface area (Å²) in [4.78, 5) is 0.353. The van der Waals surface area contributed by atoms with Crippen LogP contribution in [-0.4, -0.2) is 14.5 Å². The molecule has 0 saturated heterocycles. The van der Waals surface area contributed by atoms with Crippen molar-refractivity contribution in [1.82, 2.24) is 0 Å². The number of anilines is 1. The molecular formula is C22H27NO2S. The Hall–Kier alpha value is -2.07. The van der Waals surface area contributed by atoms with Gasteiger partial charge in [0.05, 0.1) is 16.6 Å². The lowest BCUT2D eigenvalue weighted by molar-refractivity contribution is 0.574. The molecule has 1 aliphatic rings. The molecule has 1 unspecified atom stereocenters. The molecule has 1 aliphatic heterocycles. The predicted molar refractivity (Wildman–Crippen MR) is 108 cm³/mol. The first-order valence-corrected chi connectivity index (χ1v) is 10.8. The maximum Gasteiger partial charge on any atom is 0.264 e. The highest BCUT2D eigenvalue weighted by Gasteiger charge is 2.34. The molecule has 0 saturated carbocycles. The van der Waals surface area contributed by atoms with E-state index in [1.807, 2.05) is 43.3 Å². The number of allylic oxidation sites excluding steroid dienone is 1. The molecule has 0 spiro atoms. The number of aryl methyl sites for hydroxylation is 2. The average Bonchev–Trinajstić information content (AvgIpc) is 2.65. The third-order valence-corrected chi connectivity index (χ3v) is 6.75. The van der Waals surface area contributed by atoms with E-state index in [0.29, 0.717) is 4.90 Å². The van der Waals surface area contributed by atoms with Gasteiger partial charge in [-0.05, 0) is 49.9 Å². The molecular weight excluding hydrogens is 342 g/mol. The highest BCUT2D eigenvalue weighted by atomic mass is 32.2. The molecule has 1 heterocycles. The van der Waals surface area contributed by atoms with E-state index < -0.39 is 10.0 Å². The summed E-state index contributed by atoms with van der Waals surface area (Å²) < 4.78 is 28.5. The molecule has 0 amide bonds. The molecule has 0 aliphatic carbocycles. The highest BCUT2D eigenvalue weighted by molar-refractivity contribution is 7.92. The molecule has 0 N–H and O–H groups in total. The molecule has 138 valence electrons. The van der Waals surface area contributed by atoms with Crippen LogP contribution in [0.5, 0.6) is 0 Å². The normalized spacial score (nSPS) is 17.5. The second kappa shape index (κ2) is 8.09. The zero-order valence-corrected chi connectivity index (χ0v) is 16.4. The van der Waals surface area contributed by atoms with Crippen LogP contribution in [0, 0.1) is 6.92 Å². The van der Waals surface area contributed by atoms with Crippen LogP contribution >= 0.6 is 0 Å². The Bertz CT molecular complexity index is 869. The predicted octanol–water partition coefficient (Wildman–Crippen LogP) is 5.25. The van der Waals surface area contributed by atoms with Crippen molar-refractivity contribution in [2.75, 3.05) is 4.31 Å². The van der Waals surface area contributed by atoms with Crippen LogP contribution in [0.15, 0.2) is 65.6 Å². The molecule has 26 heavy (non-hydrogen) atoms. The number of rotatable bonds is 6. The van der Waals surface area contributed by atoms with Crippen molar-refractivity contribution in [2.24, 2.45) is 0 Å². The number of benzene rings is 2. The third-order valence-electron chi connectivity index (χ3n) is 4.90. The van der Waals surface area contributed by atoms with E-state index >= 15 is 0 Å². The Morgan fingerprint density at radius 2 is 1.85 bits per heavy atom. The van der Waals surface area contributed by atoms with E-state index in [4.69, 9.17) is 0 Å². The first kappa shape index (κ1) is 18.7. The molecule has 3 rings (SSSR count). The lowest BCUT2D eigenvalue weighted by atomic mass is 9.97. The Morgan fingerprint density at radius 1 is 1.12 bits per heavy atom. The standard InChI is InChI=1S/C22H27NO2S/c1-3-4-5-6-10-20-15-14-19-9-7-8-11-22(19)23(20)26(24,25)21-16-12-18(2)13-17-21/h6-13,16-17,20H,3-5,14-15H2,1-2H3/b10-6+. The van der Waals surface area contributed by atoms with Crippen molar-refractivity contribution in [3.05, 3.63) is 71.8 Å². The zero-order valence-electron chi connectivity index (χ0n) is 15.6. The van der Waals surface area contributed by atoms with Gasteiger partial charge in [-0.25, -0.2) is 8.42 Å². The number of hydrogen-bond acceptors (Lipinski definition) is 2. The topological polar surface area (TPSA) is 37.4 Å². The van der Waals surface area contributed by atoms with E-state index in [9.17, 15) is 8.42 Å². The van der Waals surface area contributed by atoms with Crippen LogP contribution in [0.1, 0.15) is 43.7 Å². The van der Waals surface area contributed by atoms with Crippen LogP contribution in [0.4, 0.5) is 5.69 Å². The van der Waals surface area contributed by atoms with Gasteiger partial charge in [0.1, 0.15) is 0 Å². The van der Waals surface area contributed by atoms with Crippen molar-refractivity contribution in [2.45, 2.75) is 56.9 Å². The number of unbranched alkanes of at least 4 members (excludes halogenated alkanes) is 2. The van der Waals surface area contributed by atoms with E-state index in [1.165, 1.54) is 0 Å². The minimum atomic E-state index is -3.60. The minimum Gasteiger partial charge on any atom is -0.259 e. The third kappa shape index (κ3) is 3.85. The minimum absolute atomic E-state index is 0.131. The molecule has 4 heteroatoms. The lowest BCUT2D eigenvalue weighted by Gasteiger charge is -2.36. The average molecular weight is 370 g/mol. The Labute approximate surface area is 157 Å². The fourth-order valence-electron chi connectivity index (χ4n) is 3.42. The van der Waals surface area contributed by atoms with Crippen LogP contribution in [0.2, 0.25) is 0 Å². The van der Waals surface area contributed by atoms with Gasteiger partial charge in [0.15, 0.2) is 0 Å². The van der Waals surface area contributed by atoms with Gasteiger partial charge in [-0.2, -0.15) is 0 Å². The van der Waals surface area contributed by atoms with Crippen molar-refractivity contribution >= 4 is 15.7 Å². The molecule has 2 aromatic rings. The monoisotopic (exact) mass is 369 g/mol. The second-order valence-electron chi connectivity index (χ2n) is 6.92. The van der Waals surface area contributed by atoms with Gasteiger partial charge in [-0.3, -0.25) is 4.31 Å². The summed E-state index contributed by atoms with van der Waals surface area (Å²) in [5.74, 6) is 0. The molecule has 0 bridgehead atoms. The summed E-state index contributed by atoms with van der Waals surface area (Å²) >= 11 is 0. The quantitative estimate of drug-likeness (QED) is 0.515. The molecule has 2 aromatic carbocycles. The fourth-order valence-corrected chi connectivity index (χ4v) is 5.09. The van der Waals surface area contributed by atoms with Gasteiger partial charge in [0.25, 0.3) is 10.0 Å². The van der Waals surface area contributed by atoms with Gasteiger partial charge >= 0.3 is 0 Å². The van der Waals surface area contributed by atoms with Crippen molar-refractivity contribution in [1.29, 1.82) is 0 Å². The van der Waals surface area contributed by atoms with Gasteiger partial charge < -0.3 is 0 Å². The van der Waals surface area contributed by atoms with Crippen LogP contribution in [0.3, 0.4) is 0 Å². The fraction of sp³-hybridized carbons (Fsp3) is 0.364. The summed E-state index contributed by atoms with van der Waals surface area (Å²) in [6.07, 6.45) is 9.20. The number of hydrogen-bond donors (Lipinski definition) is 0. The van der Waals surface area contributed by atoms with E-state index in [1.54, 1.807) is 16.4 Å². The molecule has 0 aromatic heterocycles. The Kier molecular flexibility index (Phi) is 5.82. The molecule has 0 radical (unpaired) electrons. The number of nitrogens with zero attached hydrogens (tertiary/aromatic N) is 1. The van der Waals surface area contributed by atoms with Gasteiger partial charge in [0.2, 0.25) is 0 Å². The van der Waals surface area contributed by atoms with Crippen molar-refractivity contribution in [3.63, 3.8) is 0 Å².